The molecule has 4 fully saturated rings. The number of Topliss-reactive ketones (excluding diaryl/α,β-unsaturated/α-hetero) is 1. The van der Waals surface area contributed by atoms with Crippen molar-refractivity contribution >= 4 is 23.4 Å². The summed E-state index contributed by atoms with van der Waals surface area (Å²) in [5.41, 5.74) is -2.99. The number of alkyl halides is 1. The number of halogens is 1. The van der Waals surface area contributed by atoms with Crippen LogP contribution in [0, 0.1) is 38.7 Å². The lowest BCUT2D eigenvalue weighted by molar-refractivity contribution is -0.757. The molecule has 14 heteroatoms. The molecule has 0 aromatic carbocycles. The summed E-state index contributed by atoms with van der Waals surface area (Å²) in [5, 5.41) is 23.7. The average molecular weight is 665 g/mol. The number of esters is 1. The third-order valence-corrected chi connectivity index (χ3v) is 11.1. The molecular weight excluding hydrogens is 619 g/mol. The topological polar surface area (TPSA) is 181 Å². The molecule has 0 aromatic rings. The first kappa shape index (κ1) is 35.1. The van der Waals surface area contributed by atoms with E-state index in [1.165, 1.54) is 12.2 Å². The zero-order chi connectivity index (χ0) is 34.4. The molecule has 9 atom stereocenters. The largest absolute Gasteiger partial charge is 0.457 e. The number of fused-ring (bicyclic) bond motifs is 7. The monoisotopic (exact) mass is 664 g/mol. The van der Waals surface area contributed by atoms with Crippen LogP contribution in [0.15, 0.2) is 23.8 Å². The molecule has 260 valence electrons. The fourth-order valence-electron chi connectivity index (χ4n) is 9.35. The van der Waals surface area contributed by atoms with Gasteiger partial charge in [0.05, 0.1) is 25.2 Å². The first-order valence-electron chi connectivity index (χ1n) is 16.4. The maximum atomic E-state index is 15.8. The van der Waals surface area contributed by atoms with Gasteiger partial charge in [-0.15, -0.1) is 10.1 Å². The van der Waals surface area contributed by atoms with Crippen LogP contribution < -0.4 is 5.32 Å². The fourth-order valence-corrected chi connectivity index (χ4v) is 9.35. The summed E-state index contributed by atoms with van der Waals surface area (Å²) in [6.45, 7) is 6.53. The first-order chi connectivity index (χ1) is 22.0. The van der Waals surface area contributed by atoms with Crippen molar-refractivity contribution in [2.75, 3.05) is 19.8 Å². The quantitative estimate of drug-likeness (QED) is 0.128. The summed E-state index contributed by atoms with van der Waals surface area (Å²) >= 11 is 0. The Morgan fingerprint density at radius 3 is 2.62 bits per heavy atom. The normalized spacial score (nSPS) is 37.9. The summed E-state index contributed by atoms with van der Waals surface area (Å²) in [4.78, 5) is 65.3. The van der Waals surface area contributed by atoms with Crippen molar-refractivity contribution < 1.29 is 52.8 Å². The molecule has 2 N–H and O–H groups in total. The standard InChI is InChI=1S/C33H45FN2O11/c1-30(2)46-26-16-21-20-15-23(34)22-14-19(37)9-11-31(22,3)29(20)24(38)17-32(21,4)33(26,47-30)25(39)18-44-28(41)10-12-35-27(40)8-6-5-7-13-45-36(42)43/h9,11,14,20-21,23-24,26,29,38H,5-8,10,12-13,15-18H2,1-4H3,(H,35,40)/t20-,21-,23-,24-,26+,29+,31-,32-,33-/m0/s1. The Morgan fingerprint density at radius 1 is 1.15 bits per heavy atom. The van der Waals surface area contributed by atoms with Crippen LogP contribution in [0.1, 0.15) is 79.1 Å². The molecule has 4 aliphatic carbocycles. The summed E-state index contributed by atoms with van der Waals surface area (Å²) < 4.78 is 33.9. The molecular formula is C33H45FN2O11. The van der Waals surface area contributed by atoms with Gasteiger partial charge in [0.1, 0.15) is 6.17 Å². The molecule has 1 heterocycles. The van der Waals surface area contributed by atoms with Crippen LogP contribution in [0.25, 0.3) is 0 Å². The lowest BCUT2D eigenvalue weighted by Crippen LogP contribution is -2.64. The number of carbonyl (C=O) groups is 4. The maximum Gasteiger partial charge on any atom is 0.308 e. The van der Waals surface area contributed by atoms with Gasteiger partial charge in [0.2, 0.25) is 11.7 Å². The lowest BCUT2D eigenvalue weighted by atomic mass is 9.46. The second-order valence-electron chi connectivity index (χ2n) is 14.4. The Bertz CT molecular complexity index is 1370. The average Bonchev–Trinajstić information content (AvgIpc) is 3.39. The number of aliphatic hydroxyl groups is 1. The number of unbranched alkanes of at least 4 members (excludes halogenated alkanes) is 2. The van der Waals surface area contributed by atoms with Crippen molar-refractivity contribution in [3.63, 3.8) is 0 Å². The van der Waals surface area contributed by atoms with E-state index in [9.17, 15) is 34.4 Å². The highest BCUT2D eigenvalue weighted by Crippen LogP contribution is 2.70. The predicted octanol–water partition coefficient (Wildman–Crippen LogP) is 3.10. The van der Waals surface area contributed by atoms with Crippen LogP contribution in [0.4, 0.5) is 4.39 Å². The Morgan fingerprint density at radius 2 is 1.89 bits per heavy atom. The molecule has 1 saturated heterocycles. The fraction of sp³-hybridized carbons (Fsp3) is 0.758. The van der Waals surface area contributed by atoms with Crippen LogP contribution in [-0.4, -0.2) is 83.2 Å². The molecule has 5 rings (SSSR count). The number of nitrogens with zero attached hydrogens (tertiary/aromatic N) is 1. The summed E-state index contributed by atoms with van der Waals surface area (Å²) in [7, 11) is 0. The summed E-state index contributed by atoms with van der Waals surface area (Å²) in [6.07, 6.45) is 3.67. The minimum absolute atomic E-state index is 0.00535. The molecule has 0 spiro atoms. The number of hydrogen-bond acceptors (Lipinski definition) is 11. The Hall–Kier alpha value is -3.23. The minimum Gasteiger partial charge on any atom is -0.457 e. The Balaban J connectivity index is 1.22. The number of allylic oxidation sites excluding steroid dienone is 4. The van der Waals surface area contributed by atoms with Crippen molar-refractivity contribution in [3.05, 3.63) is 33.9 Å². The van der Waals surface area contributed by atoms with Gasteiger partial charge in [-0.25, -0.2) is 4.39 Å². The molecule has 0 unspecified atom stereocenters. The first-order valence-corrected chi connectivity index (χ1v) is 16.4. The number of carbonyl (C=O) groups excluding carboxylic acids is 4. The highest BCUT2D eigenvalue weighted by molar-refractivity contribution is 6.01. The number of ketones is 2. The number of rotatable bonds is 13. The van der Waals surface area contributed by atoms with Gasteiger partial charge in [-0.05, 0) is 75.5 Å². The van der Waals surface area contributed by atoms with Crippen LogP contribution in [0.5, 0.6) is 0 Å². The van der Waals surface area contributed by atoms with E-state index < -0.39 is 64.0 Å². The number of nitrogens with one attached hydrogen (secondary N) is 1. The Kier molecular flexibility index (Phi) is 9.70. The highest BCUT2D eigenvalue weighted by atomic mass is 19.1. The van der Waals surface area contributed by atoms with E-state index in [0.29, 0.717) is 31.3 Å². The molecule has 0 radical (unpaired) electrons. The zero-order valence-corrected chi connectivity index (χ0v) is 27.3. The number of amides is 1. The van der Waals surface area contributed by atoms with E-state index in [0.717, 1.165) is 0 Å². The van der Waals surface area contributed by atoms with E-state index in [-0.39, 0.29) is 68.3 Å². The number of ether oxygens (including phenoxy) is 3. The van der Waals surface area contributed by atoms with Gasteiger partial charge in [-0.2, -0.15) is 0 Å². The van der Waals surface area contributed by atoms with E-state index >= 15 is 4.39 Å². The highest BCUT2D eigenvalue weighted by Gasteiger charge is 2.77. The van der Waals surface area contributed by atoms with Gasteiger partial charge >= 0.3 is 5.97 Å². The van der Waals surface area contributed by atoms with Crippen molar-refractivity contribution in [1.82, 2.24) is 5.32 Å². The SMILES string of the molecule is CC1(C)O[C@@H]2C[C@H]3[C@@H]4C[C@H](F)C5=CC(=O)C=C[C@]5(C)[C@H]4[C@@H](O)C[C@]3(C)[C@@]2(C(=O)COC(=O)CCNC(=O)CCCCCO[N+](=O)[O-])O1. The van der Waals surface area contributed by atoms with Gasteiger partial charge in [-0.1, -0.05) is 26.3 Å². The molecule has 1 amide bonds. The molecule has 47 heavy (non-hydrogen) atoms. The third-order valence-electron chi connectivity index (χ3n) is 11.1. The molecule has 5 aliphatic rings. The van der Waals surface area contributed by atoms with E-state index in [4.69, 9.17) is 14.2 Å². The van der Waals surface area contributed by atoms with Gasteiger partial charge < -0.3 is 29.5 Å². The smallest absolute Gasteiger partial charge is 0.308 e. The minimum atomic E-state index is -1.55. The van der Waals surface area contributed by atoms with Crippen LogP contribution in [0.2, 0.25) is 0 Å². The van der Waals surface area contributed by atoms with E-state index in [1.807, 2.05) is 13.8 Å². The molecule has 0 bridgehead atoms. The van der Waals surface area contributed by atoms with Gasteiger partial charge in [0.15, 0.2) is 23.8 Å². The molecule has 13 nitrogen and oxygen atoms in total. The van der Waals surface area contributed by atoms with Gasteiger partial charge in [0, 0.05) is 29.7 Å². The lowest BCUT2D eigenvalue weighted by Gasteiger charge is -2.60. The second kappa shape index (κ2) is 13.0. The Labute approximate surface area is 272 Å². The second-order valence-corrected chi connectivity index (χ2v) is 14.4. The van der Waals surface area contributed by atoms with Crippen LogP contribution >= 0.6 is 0 Å². The van der Waals surface area contributed by atoms with Crippen molar-refractivity contribution in [1.29, 1.82) is 0 Å². The van der Waals surface area contributed by atoms with Crippen LogP contribution in [-0.2, 0) is 38.2 Å². The molecule has 1 aliphatic heterocycles. The number of aliphatic hydroxyl groups excluding tert-OH is 1. The van der Waals surface area contributed by atoms with Crippen molar-refractivity contribution in [2.45, 2.75) is 109 Å². The maximum absolute atomic E-state index is 15.8. The predicted molar refractivity (Wildman–Crippen MR) is 161 cm³/mol. The number of hydrogen-bond donors (Lipinski definition) is 2. The zero-order valence-electron chi connectivity index (χ0n) is 27.3. The third kappa shape index (κ3) is 6.35. The summed E-state index contributed by atoms with van der Waals surface area (Å²) in [5.74, 6) is -3.84. The van der Waals surface area contributed by atoms with E-state index in [1.54, 1.807) is 19.9 Å². The molecule has 3 saturated carbocycles. The van der Waals surface area contributed by atoms with Crippen LogP contribution in [0.3, 0.4) is 0 Å². The van der Waals surface area contributed by atoms with Gasteiger partial charge in [-0.3, -0.25) is 19.2 Å². The van der Waals surface area contributed by atoms with Crippen molar-refractivity contribution in [2.24, 2.45) is 28.6 Å². The van der Waals surface area contributed by atoms with E-state index in [2.05, 4.69) is 10.2 Å². The summed E-state index contributed by atoms with van der Waals surface area (Å²) in [6, 6.07) is 0. The van der Waals surface area contributed by atoms with Gasteiger partial charge in [0.25, 0.3) is 5.09 Å². The molecule has 0 aromatic heterocycles. The van der Waals surface area contributed by atoms with Crippen molar-refractivity contribution in [3.8, 4) is 0 Å².